The van der Waals surface area contributed by atoms with E-state index in [0.29, 0.717) is 0 Å². The van der Waals surface area contributed by atoms with Gasteiger partial charge in [0, 0.05) is 12.6 Å². The number of urea groups is 1. The zero-order chi connectivity index (χ0) is 14.6. The average molecular weight is 283 g/mol. The van der Waals surface area contributed by atoms with Crippen LogP contribution in [-0.2, 0) is 4.79 Å². The van der Waals surface area contributed by atoms with Crippen molar-refractivity contribution in [2.75, 3.05) is 19.6 Å². The molecule has 6 nitrogen and oxygen atoms in total. The van der Waals surface area contributed by atoms with E-state index in [1.54, 1.807) is 0 Å². The van der Waals surface area contributed by atoms with Crippen LogP contribution in [0.15, 0.2) is 0 Å². The molecule has 2 fully saturated rings. The minimum Gasteiger partial charge on any atom is -0.481 e. The number of nitrogens with zero attached hydrogens (tertiary/aromatic N) is 1. The summed E-state index contributed by atoms with van der Waals surface area (Å²) in [6, 6.07) is -0.160. The Hall–Kier alpha value is -1.30. The van der Waals surface area contributed by atoms with Crippen LogP contribution in [0.4, 0.5) is 4.79 Å². The molecular weight excluding hydrogens is 258 g/mol. The van der Waals surface area contributed by atoms with Gasteiger partial charge in [-0.3, -0.25) is 4.79 Å². The fourth-order valence-electron chi connectivity index (χ4n) is 3.14. The predicted molar refractivity (Wildman–Crippen MR) is 75.6 cm³/mol. The predicted octanol–water partition coefficient (Wildman–Crippen LogP) is 1.17. The molecule has 6 heteroatoms. The highest BCUT2D eigenvalue weighted by Crippen LogP contribution is 2.34. The Kier molecular flexibility index (Phi) is 4.86. The van der Waals surface area contributed by atoms with Crippen molar-refractivity contribution in [3.8, 4) is 0 Å². The van der Waals surface area contributed by atoms with Gasteiger partial charge in [0.2, 0.25) is 0 Å². The largest absolute Gasteiger partial charge is 0.481 e. The Morgan fingerprint density at radius 1 is 1.25 bits per heavy atom. The molecule has 0 radical (unpaired) electrons. The Balaban J connectivity index is 1.74. The third-order valence-corrected chi connectivity index (χ3v) is 4.29. The second kappa shape index (κ2) is 6.43. The third-order valence-electron chi connectivity index (χ3n) is 4.29. The lowest BCUT2D eigenvalue weighted by atomic mass is 9.74. The minimum atomic E-state index is -0.852. The van der Waals surface area contributed by atoms with Gasteiger partial charge in [0.05, 0.1) is 12.0 Å². The third kappa shape index (κ3) is 4.10. The Morgan fingerprint density at radius 2 is 1.90 bits per heavy atom. The summed E-state index contributed by atoms with van der Waals surface area (Å²) in [5.41, 5.74) is -0.525. The van der Waals surface area contributed by atoms with Gasteiger partial charge in [-0.1, -0.05) is 0 Å². The number of amides is 2. The highest BCUT2D eigenvalue weighted by molar-refractivity contribution is 5.77. The van der Waals surface area contributed by atoms with Gasteiger partial charge >= 0.3 is 12.0 Å². The van der Waals surface area contributed by atoms with E-state index in [9.17, 15) is 9.59 Å². The van der Waals surface area contributed by atoms with Gasteiger partial charge in [-0.15, -0.1) is 0 Å². The van der Waals surface area contributed by atoms with E-state index in [1.165, 1.54) is 12.8 Å². The summed E-state index contributed by atoms with van der Waals surface area (Å²) in [5, 5.41) is 14.7. The zero-order valence-corrected chi connectivity index (χ0v) is 12.2. The SMILES string of the molecule is CC(CN1CCCC1)NC(=O)NC1(CC(=O)O)CCC1. The van der Waals surface area contributed by atoms with Crippen LogP contribution in [-0.4, -0.2) is 53.2 Å². The molecule has 0 spiro atoms. The molecule has 1 heterocycles. The molecule has 20 heavy (non-hydrogen) atoms. The molecule has 1 saturated carbocycles. The molecule has 114 valence electrons. The van der Waals surface area contributed by atoms with E-state index in [-0.39, 0.29) is 18.5 Å². The number of nitrogens with one attached hydrogen (secondary N) is 2. The van der Waals surface area contributed by atoms with Crippen LogP contribution < -0.4 is 10.6 Å². The summed E-state index contributed by atoms with van der Waals surface area (Å²) in [7, 11) is 0. The number of aliphatic carboxylic acids is 1. The first kappa shape index (κ1) is 15.1. The maximum absolute atomic E-state index is 12.0. The minimum absolute atomic E-state index is 0.0148. The van der Waals surface area contributed by atoms with Crippen LogP contribution in [0.1, 0.15) is 45.4 Å². The maximum atomic E-state index is 12.0. The molecule has 0 aromatic carbocycles. The van der Waals surface area contributed by atoms with Crippen molar-refractivity contribution < 1.29 is 14.7 Å². The number of carbonyl (C=O) groups is 2. The molecule has 2 rings (SSSR count). The van der Waals surface area contributed by atoms with Gasteiger partial charge in [0.25, 0.3) is 0 Å². The van der Waals surface area contributed by atoms with Crippen molar-refractivity contribution in [1.29, 1.82) is 0 Å². The Morgan fingerprint density at radius 3 is 2.40 bits per heavy atom. The van der Waals surface area contributed by atoms with Crippen LogP contribution in [0.5, 0.6) is 0 Å². The van der Waals surface area contributed by atoms with Gasteiger partial charge in [-0.2, -0.15) is 0 Å². The summed E-state index contributed by atoms with van der Waals surface area (Å²) < 4.78 is 0. The lowest BCUT2D eigenvalue weighted by Crippen LogP contribution is -2.58. The number of carbonyl (C=O) groups excluding carboxylic acids is 1. The van der Waals surface area contributed by atoms with Crippen LogP contribution in [0.2, 0.25) is 0 Å². The first-order chi connectivity index (χ1) is 9.49. The van der Waals surface area contributed by atoms with Crippen molar-refractivity contribution in [3.63, 3.8) is 0 Å². The standard InChI is InChI=1S/C14H25N3O3/c1-11(10-17-7-2-3-8-17)15-13(20)16-14(5-4-6-14)9-12(18)19/h11H,2-10H2,1H3,(H,18,19)(H2,15,16,20). The van der Waals surface area contributed by atoms with E-state index in [4.69, 9.17) is 5.11 Å². The second-order valence-electron chi connectivity index (χ2n) is 6.21. The van der Waals surface area contributed by atoms with Crippen molar-refractivity contribution in [2.24, 2.45) is 0 Å². The van der Waals surface area contributed by atoms with Crippen molar-refractivity contribution in [1.82, 2.24) is 15.5 Å². The number of likely N-dealkylation sites (tertiary alicyclic amines) is 1. The molecule has 1 saturated heterocycles. The second-order valence-corrected chi connectivity index (χ2v) is 6.21. The number of hydrogen-bond acceptors (Lipinski definition) is 3. The lowest BCUT2D eigenvalue weighted by molar-refractivity contribution is -0.139. The molecule has 1 unspecified atom stereocenters. The van der Waals surface area contributed by atoms with Crippen molar-refractivity contribution in [3.05, 3.63) is 0 Å². The number of rotatable bonds is 6. The van der Waals surface area contributed by atoms with Crippen LogP contribution in [0.3, 0.4) is 0 Å². The molecule has 1 aliphatic heterocycles. The molecule has 1 aliphatic carbocycles. The van der Waals surface area contributed by atoms with Gasteiger partial charge in [0.1, 0.15) is 0 Å². The maximum Gasteiger partial charge on any atom is 0.315 e. The Labute approximate surface area is 119 Å². The smallest absolute Gasteiger partial charge is 0.315 e. The summed E-state index contributed by atoms with van der Waals surface area (Å²) in [5.74, 6) is -0.852. The number of hydrogen-bond donors (Lipinski definition) is 3. The highest BCUT2D eigenvalue weighted by atomic mass is 16.4. The molecule has 3 N–H and O–H groups in total. The topological polar surface area (TPSA) is 81.7 Å². The average Bonchev–Trinajstić information content (AvgIpc) is 2.77. The molecular formula is C14H25N3O3. The van der Waals surface area contributed by atoms with Crippen molar-refractivity contribution in [2.45, 2.75) is 57.0 Å². The van der Waals surface area contributed by atoms with E-state index in [1.807, 2.05) is 6.92 Å². The van der Waals surface area contributed by atoms with E-state index in [2.05, 4.69) is 15.5 Å². The molecule has 1 atom stereocenters. The van der Waals surface area contributed by atoms with Crippen LogP contribution in [0.25, 0.3) is 0 Å². The monoisotopic (exact) mass is 283 g/mol. The van der Waals surface area contributed by atoms with E-state index in [0.717, 1.165) is 38.9 Å². The zero-order valence-electron chi connectivity index (χ0n) is 12.2. The summed E-state index contributed by atoms with van der Waals surface area (Å²) in [4.78, 5) is 25.2. The number of carboxylic acid groups (broad SMARTS) is 1. The van der Waals surface area contributed by atoms with Gasteiger partial charge in [-0.05, 0) is 52.1 Å². The fraction of sp³-hybridized carbons (Fsp3) is 0.857. The van der Waals surface area contributed by atoms with E-state index >= 15 is 0 Å². The van der Waals surface area contributed by atoms with Crippen LogP contribution >= 0.6 is 0 Å². The number of carboxylic acids is 1. The molecule has 0 aromatic rings. The summed E-state index contributed by atoms with van der Waals surface area (Å²) in [6.07, 6.45) is 4.99. The quantitative estimate of drug-likeness (QED) is 0.683. The lowest BCUT2D eigenvalue weighted by Gasteiger charge is -2.41. The normalized spacial score (nSPS) is 22.9. The Bertz CT molecular complexity index is 363. The highest BCUT2D eigenvalue weighted by Gasteiger charge is 2.40. The van der Waals surface area contributed by atoms with Gasteiger partial charge < -0.3 is 20.6 Å². The molecule has 0 bridgehead atoms. The fourth-order valence-corrected chi connectivity index (χ4v) is 3.14. The first-order valence-electron chi connectivity index (χ1n) is 7.52. The van der Waals surface area contributed by atoms with Crippen molar-refractivity contribution >= 4 is 12.0 Å². The summed E-state index contributed by atoms with van der Waals surface area (Å²) in [6.45, 7) is 5.06. The van der Waals surface area contributed by atoms with Gasteiger partial charge in [-0.25, -0.2) is 4.79 Å². The first-order valence-corrected chi connectivity index (χ1v) is 7.52. The molecule has 2 aliphatic rings. The summed E-state index contributed by atoms with van der Waals surface area (Å²) >= 11 is 0. The van der Waals surface area contributed by atoms with Crippen LogP contribution in [0, 0.1) is 0 Å². The molecule has 2 amide bonds. The van der Waals surface area contributed by atoms with E-state index < -0.39 is 11.5 Å². The molecule has 0 aromatic heterocycles. The van der Waals surface area contributed by atoms with Gasteiger partial charge in [0.15, 0.2) is 0 Å².